The largest absolute Gasteiger partial charge is 0.454 e. The molecule has 3 aliphatic heterocycles. The van der Waals surface area contributed by atoms with Gasteiger partial charge in [-0.3, -0.25) is 19.4 Å². The van der Waals surface area contributed by atoms with Crippen molar-refractivity contribution in [3.63, 3.8) is 0 Å². The number of carbonyl (C=O) groups is 2. The van der Waals surface area contributed by atoms with Crippen LogP contribution in [0.5, 0.6) is 11.5 Å². The molecule has 2 fully saturated rings. The summed E-state index contributed by atoms with van der Waals surface area (Å²) in [5, 5.41) is 0. The number of benzene rings is 2. The number of hydrogen-bond donors (Lipinski definition) is 0. The standard InChI is InChI=1S/C21H20N2O4/c24-20-16-11-22(9-14-4-2-1-3-5-14)12-17(16)21(25)23(20)10-15-6-7-18-19(8-15)27-13-26-18/h1-8,16-17H,9-13H2. The normalized spacial score (nSPS) is 23.9. The number of ether oxygens (including phenoxy) is 2. The van der Waals surface area contributed by atoms with Gasteiger partial charge in [0.15, 0.2) is 11.5 Å². The Hall–Kier alpha value is -2.86. The molecule has 2 saturated heterocycles. The fourth-order valence-electron chi connectivity index (χ4n) is 4.24. The second kappa shape index (κ2) is 6.39. The Morgan fingerprint density at radius 1 is 0.815 bits per heavy atom. The van der Waals surface area contributed by atoms with E-state index in [1.54, 1.807) is 0 Å². The van der Waals surface area contributed by atoms with Crippen LogP contribution in [0.4, 0.5) is 0 Å². The van der Waals surface area contributed by atoms with Crippen molar-refractivity contribution in [2.24, 2.45) is 11.8 Å². The maximum absolute atomic E-state index is 12.9. The summed E-state index contributed by atoms with van der Waals surface area (Å²) in [7, 11) is 0. The molecule has 2 aromatic carbocycles. The number of rotatable bonds is 4. The molecule has 2 unspecified atom stereocenters. The second-order valence-corrected chi connectivity index (χ2v) is 7.34. The predicted molar refractivity (Wildman–Crippen MR) is 96.8 cm³/mol. The van der Waals surface area contributed by atoms with Crippen LogP contribution in [0.15, 0.2) is 48.5 Å². The van der Waals surface area contributed by atoms with Crippen molar-refractivity contribution in [3.05, 3.63) is 59.7 Å². The summed E-state index contributed by atoms with van der Waals surface area (Å²) in [6.45, 7) is 2.56. The van der Waals surface area contributed by atoms with Crippen molar-refractivity contribution >= 4 is 11.8 Å². The van der Waals surface area contributed by atoms with E-state index < -0.39 is 0 Å². The first kappa shape index (κ1) is 16.3. The molecule has 3 heterocycles. The number of carbonyl (C=O) groups excluding carboxylic acids is 2. The van der Waals surface area contributed by atoms with Gasteiger partial charge in [0.05, 0.1) is 18.4 Å². The summed E-state index contributed by atoms with van der Waals surface area (Å²) in [6, 6.07) is 15.7. The van der Waals surface area contributed by atoms with E-state index in [0.29, 0.717) is 31.1 Å². The van der Waals surface area contributed by atoms with Crippen LogP contribution in [0, 0.1) is 11.8 Å². The van der Waals surface area contributed by atoms with Gasteiger partial charge in [-0.1, -0.05) is 36.4 Å². The first-order valence-electron chi connectivity index (χ1n) is 9.19. The first-order chi connectivity index (χ1) is 13.2. The smallest absolute Gasteiger partial charge is 0.234 e. The van der Waals surface area contributed by atoms with Crippen LogP contribution >= 0.6 is 0 Å². The molecule has 5 rings (SSSR count). The second-order valence-electron chi connectivity index (χ2n) is 7.34. The number of nitrogens with zero attached hydrogens (tertiary/aromatic N) is 2. The van der Waals surface area contributed by atoms with Crippen LogP contribution in [0.1, 0.15) is 11.1 Å². The zero-order valence-corrected chi connectivity index (χ0v) is 14.8. The van der Waals surface area contributed by atoms with Gasteiger partial charge in [-0.15, -0.1) is 0 Å². The Bertz CT molecular complexity index is 874. The molecule has 0 N–H and O–H groups in total. The summed E-state index contributed by atoms with van der Waals surface area (Å²) in [4.78, 5) is 29.3. The maximum atomic E-state index is 12.9. The molecule has 3 aliphatic rings. The zero-order chi connectivity index (χ0) is 18.4. The fraction of sp³-hybridized carbons (Fsp3) is 0.333. The summed E-state index contributed by atoms with van der Waals surface area (Å²) < 4.78 is 10.7. The average Bonchev–Trinajstić information content (AvgIpc) is 3.36. The molecular formula is C21H20N2O4. The van der Waals surface area contributed by atoms with E-state index in [4.69, 9.17) is 9.47 Å². The molecule has 6 heteroatoms. The van der Waals surface area contributed by atoms with Gasteiger partial charge in [0.1, 0.15) is 0 Å². The highest BCUT2D eigenvalue weighted by Crippen LogP contribution is 2.37. The van der Waals surface area contributed by atoms with Crippen LogP contribution < -0.4 is 9.47 Å². The molecule has 0 spiro atoms. The maximum Gasteiger partial charge on any atom is 0.234 e. The third-order valence-corrected chi connectivity index (χ3v) is 5.59. The summed E-state index contributed by atoms with van der Waals surface area (Å²) in [6.07, 6.45) is 0. The minimum Gasteiger partial charge on any atom is -0.454 e. The molecule has 2 atom stereocenters. The monoisotopic (exact) mass is 364 g/mol. The Morgan fingerprint density at radius 3 is 2.26 bits per heavy atom. The highest BCUT2D eigenvalue weighted by molar-refractivity contribution is 6.05. The van der Waals surface area contributed by atoms with Crippen molar-refractivity contribution < 1.29 is 19.1 Å². The van der Waals surface area contributed by atoms with Crippen molar-refractivity contribution in [2.45, 2.75) is 13.1 Å². The molecule has 6 nitrogen and oxygen atoms in total. The summed E-state index contributed by atoms with van der Waals surface area (Å²) in [5.41, 5.74) is 2.08. The van der Waals surface area contributed by atoms with Gasteiger partial charge in [0.25, 0.3) is 0 Å². The highest BCUT2D eigenvalue weighted by atomic mass is 16.7. The molecule has 138 valence electrons. The number of imide groups is 1. The van der Waals surface area contributed by atoms with Crippen molar-refractivity contribution in [1.29, 1.82) is 0 Å². The van der Waals surface area contributed by atoms with E-state index in [2.05, 4.69) is 17.0 Å². The van der Waals surface area contributed by atoms with Gasteiger partial charge < -0.3 is 9.47 Å². The van der Waals surface area contributed by atoms with Crippen molar-refractivity contribution in [3.8, 4) is 11.5 Å². The lowest BCUT2D eigenvalue weighted by atomic mass is 10.00. The topological polar surface area (TPSA) is 59.1 Å². The minimum absolute atomic E-state index is 0.0572. The number of hydrogen-bond acceptors (Lipinski definition) is 5. The number of fused-ring (bicyclic) bond motifs is 2. The van der Waals surface area contributed by atoms with Gasteiger partial charge in [0.2, 0.25) is 18.6 Å². The average molecular weight is 364 g/mol. The lowest BCUT2D eigenvalue weighted by Crippen LogP contribution is -2.35. The van der Waals surface area contributed by atoms with Gasteiger partial charge in [-0.05, 0) is 23.3 Å². The van der Waals surface area contributed by atoms with E-state index in [9.17, 15) is 9.59 Å². The summed E-state index contributed by atoms with van der Waals surface area (Å²) >= 11 is 0. The quantitative estimate of drug-likeness (QED) is 0.777. The third kappa shape index (κ3) is 2.86. The van der Waals surface area contributed by atoms with E-state index in [1.807, 2.05) is 36.4 Å². The summed E-state index contributed by atoms with van der Waals surface area (Å²) in [5.74, 6) is 0.800. The van der Waals surface area contributed by atoms with Crippen LogP contribution in [0.2, 0.25) is 0 Å². The molecule has 0 aliphatic carbocycles. The third-order valence-electron chi connectivity index (χ3n) is 5.59. The van der Waals surface area contributed by atoms with Crippen LogP contribution in [-0.4, -0.2) is 41.5 Å². The van der Waals surface area contributed by atoms with E-state index >= 15 is 0 Å². The predicted octanol–water partition coefficient (Wildman–Crippen LogP) is 2.03. The van der Waals surface area contributed by atoms with E-state index in [-0.39, 0.29) is 30.4 Å². The van der Waals surface area contributed by atoms with Crippen LogP contribution in [0.3, 0.4) is 0 Å². The molecule has 2 amide bonds. The first-order valence-corrected chi connectivity index (χ1v) is 9.19. The van der Waals surface area contributed by atoms with E-state index in [0.717, 1.165) is 12.1 Å². The Labute approximate surface area is 157 Å². The minimum atomic E-state index is -0.227. The fourth-order valence-corrected chi connectivity index (χ4v) is 4.24. The van der Waals surface area contributed by atoms with Crippen LogP contribution in [-0.2, 0) is 22.7 Å². The highest BCUT2D eigenvalue weighted by Gasteiger charge is 2.52. The molecule has 0 bridgehead atoms. The van der Waals surface area contributed by atoms with Gasteiger partial charge >= 0.3 is 0 Å². The number of likely N-dealkylation sites (tertiary alicyclic amines) is 2. The van der Waals surface area contributed by atoms with Crippen LogP contribution in [0.25, 0.3) is 0 Å². The SMILES string of the molecule is O=C1C2CN(Cc3ccccc3)CC2C(=O)N1Cc1ccc2c(c1)OCO2. The zero-order valence-electron chi connectivity index (χ0n) is 14.8. The van der Waals surface area contributed by atoms with Crippen molar-refractivity contribution in [1.82, 2.24) is 9.80 Å². The number of amides is 2. The molecular weight excluding hydrogens is 344 g/mol. The molecule has 0 saturated carbocycles. The Kier molecular flexibility index (Phi) is 3.86. The molecule has 27 heavy (non-hydrogen) atoms. The lowest BCUT2D eigenvalue weighted by Gasteiger charge is -2.20. The Balaban J connectivity index is 1.27. The van der Waals surface area contributed by atoms with Gasteiger partial charge in [0, 0.05) is 19.6 Å². The van der Waals surface area contributed by atoms with Gasteiger partial charge in [-0.25, -0.2) is 0 Å². The molecule has 0 aromatic heterocycles. The molecule has 2 aromatic rings. The molecule has 0 radical (unpaired) electrons. The lowest BCUT2D eigenvalue weighted by molar-refractivity contribution is -0.141. The van der Waals surface area contributed by atoms with E-state index in [1.165, 1.54) is 10.5 Å². The van der Waals surface area contributed by atoms with Crippen molar-refractivity contribution in [2.75, 3.05) is 19.9 Å². The Morgan fingerprint density at radius 2 is 1.52 bits per heavy atom. The van der Waals surface area contributed by atoms with Gasteiger partial charge in [-0.2, -0.15) is 0 Å².